The Labute approximate surface area is 80.1 Å². The Kier molecular flexibility index (Phi) is 2.07. The molecule has 0 aromatic carbocycles. The molecule has 1 nitrogen and oxygen atoms in total. The Morgan fingerprint density at radius 3 is 2.36 bits per heavy atom. The van der Waals surface area contributed by atoms with E-state index in [-0.39, 0.29) is 19.0 Å². The van der Waals surface area contributed by atoms with E-state index in [1.54, 1.807) is 11.9 Å². The molecule has 14 heavy (non-hydrogen) atoms. The van der Waals surface area contributed by atoms with Crippen LogP contribution in [0.25, 0.3) is 0 Å². The van der Waals surface area contributed by atoms with Crippen LogP contribution in [0.5, 0.6) is 0 Å². The molecule has 0 spiro atoms. The number of piperidine rings is 1. The Bertz CT molecular complexity index is 241. The standard InChI is InChI=1S/C9H13F4N/c1-14-5-6-2-3-7(14)4-8(10,11)9(6,12)13/h6-7H,2-5H2,1H3. The summed E-state index contributed by atoms with van der Waals surface area (Å²) < 4.78 is 53.0. The van der Waals surface area contributed by atoms with Crippen LogP contribution in [0.2, 0.25) is 0 Å². The number of hydrogen-bond donors (Lipinski definition) is 0. The predicted molar refractivity (Wildman–Crippen MR) is 43.7 cm³/mol. The van der Waals surface area contributed by atoms with Crippen LogP contribution in [0.3, 0.4) is 0 Å². The Morgan fingerprint density at radius 1 is 1.14 bits per heavy atom. The molecule has 2 heterocycles. The first kappa shape index (κ1) is 10.2. The minimum atomic E-state index is -3.83. The third-order valence-electron chi connectivity index (χ3n) is 3.47. The normalized spacial score (nSPS) is 40.9. The molecule has 1 aliphatic carbocycles. The first-order chi connectivity index (χ1) is 6.34. The average Bonchev–Trinajstić information content (AvgIpc) is 2.17. The zero-order valence-corrected chi connectivity index (χ0v) is 7.94. The van der Waals surface area contributed by atoms with Crippen molar-refractivity contribution in [2.45, 2.75) is 37.1 Å². The highest BCUT2D eigenvalue weighted by atomic mass is 19.3. The first-order valence-electron chi connectivity index (χ1n) is 4.80. The maximum atomic E-state index is 13.3. The van der Waals surface area contributed by atoms with Gasteiger partial charge in [-0.3, -0.25) is 0 Å². The summed E-state index contributed by atoms with van der Waals surface area (Å²) in [6.45, 7) is 0.0905. The van der Waals surface area contributed by atoms with E-state index in [4.69, 9.17) is 0 Å². The van der Waals surface area contributed by atoms with Crippen LogP contribution >= 0.6 is 0 Å². The van der Waals surface area contributed by atoms with Crippen LogP contribution in [0, 0.1) is 5.92 Å². The molecule has 3 rings (SSSR count). The number of fused-ring (bicyclic) bond motifs is 4. The molecule has 82 valence electrons. The Balaban J connectivity index is 2.35. The molecule has 2 saturated heterocycles. The van der Waals surface area contributed by atoms with E-state index in [9.17, 15) is 17.6 Å². The molecule has 0 radical (unpaired) electrons. The van der Waals surface area contributed by atoms with Gasteiger partial charge in [-0.25, -0.2) is 0 Å². The lowest BCUT2D eigenvalue weighted by Gasteiger charge is -2.34. The van der Waals surface area contributed by atoms with Crippen LogP contribution in [-0.2, 0) is 0 Å². The monoisotopic (exact) mass is 211 g/mol. The van der Waals surface area contributed by atoms with Crippen molar-refractivity contribution in [1.29, 1.82) is 0 Å². The van der Waals surface area contributed by atoms with Crippen LogP contribution in [-0.4, -0.2) is 36.4 Å². The fourth-order valence-corrected chi connectivity index (χ4v) is 2.49. The van der Waals surface area contributed by atoms with Gasteiger partial charge in [0.1, 0.15) is 0 Å². The topological polar surface area (TPSA) is 3.24 Å². The molecule has 3 fully saturated rings. The van der Waals surface area contributed by atoms with Gasteiger partial charge in [0, 0.05) is 24.9 Å². The van der Waals surface area contributed by atoms with Gasteiger partial charge in [-0.15, -0.1) is 0 Å². The second kappa shape index (κ2) is 2.84. The van der Waals surface area contributed by atoms with Gasteiger partial charge in [0.05, 0.1) is 0 Å². The maximum absolute atomic E-state index is 13.3. The van der Waals surface area contributed by atoms with Crippen molar-refractivity contribution in [3.05, 3.63) is 0 Å². The highest BCUT2D eigenvalue weighted by molar-refractivity contribution is 5.01. The summed E-state index contributed by atoms with van der Waals surface area (Å²) in [5.74, 6) is -8.84. The zero-order chi connectivity index (χ0) is 10.6. The zero-order valence-electron chi connectivity index (χ0n) is 7.94. The maximum Gasteiger partial charge on any atom is 0.314 e. The van der Waals surface area contributed by atoms with Gasteiger partial charge in [0.15, 0.2) is 0 Å². The molecule has 2 bridgehead atoms. The van der Waals surface area contributed by atoms with Crippen molar-refractivity contribution in [3.63, 3.8) is 0 Å². The first-order valence-corrected chi connectivity index (χ1v) is 4.80. The summed E-state index contributed by atoms with van der Waals surface area (Å²) in [4.78, 5) is 1.64. The van der Waals surface area contributed by atoms with E-state index in [0.29, 0.717) is 6.42 Å². The van der Waals surface area contributed by atoms with Crippen LogP contribution in [0.1, 0.15) is 19.3 Å². The minimum absolute atomic E-state index is 0.0905. The van der Waals surface area contributed by atoms with Gasteiger partial charge in [-0.05, 0) is 19.9 Å². The largest absolute Gasteiger partial charge is 0.314 e. The van der Waals surface area contributed by atoms with Gasteiger partial charge >= 0.3 is 11.8 Å². The highest BCUT2D eigenvalue weighted by Gasteiger charge is 2.64. The van der Waals surface area contributed by atoms with Crippen molar-refractivity contribution in [2.24, 2.45) is 5.92 Å². The van der Waals surface area contributed by atoms with Gasteiger partial charge in [0.25, 0.3) is 0 Å². The molecule has 2 atom stereocenters. The van der Waals surface area contributed by atoms with Crippen molar-refractivity contribution >= 4 is 0 Å². The smallest absolute Gasteiger partial charge is 0.303 e. The van der Waals surface area contributed by atoms with E-state index >= 15 is 0 Å². The molecule has 0 N–H and O–H groups in total. The molecule has 1 saturated carbocycles. The predicted octanol–water partition coefficient (Wildman–Crippen LogP) is 2.37. The number of alkyl halides is 4. The quantitative estimate of drug-likeness (QED) is 0.556. The molecule has 5 heteroatoms. The summed E-state index contributed by atoms with van der Waals surface area (Å²) in [6, 6.07) is -0.380. The van der Waals surface area contributed by atoms with E-state index in [1.807, 2.05) is 0 Å². The van der Waals surface area contributed by atoms with E-state index < -0.39 is 24.2 Å². The molecule has 3 aliphatic rings. The fourth-order valence-electron chi connectivity index (χ4n) is 2.49. The summed E-state index contributed by atoms with van der Waals surface area (Å²) in [6.07, 6.45) is -0.0169. The second-order valence-corrected chi connectivity index (χ2v) is 4.40. The van der Waals surface area contributed by atoms with Crippen molar-refractivity contribution in [3.8, 4) is 0 Å². The number of nitrogens with zero attached hydrogens (tertiary/aromatic N) is 1. The van der Waals surface area contributed by atoms with E-state index in [0.717, 1.165) is 0 Å². The summed E-state index contributed by atoms with van der Waals surface area (Å²) in [7, 11) is 1.65. The van der Waals surface area contributed by atoms with Gasteiger partial charge in [-0.1, -0.05) is 0 Å². The van der Waals surface area contributed by atoms with E-state index in [2.05, 4.69) is 0 Å². The Morgan fingerprint density at radius 2 is 1.79 bits per heavy atom. The molecule has 0 aromatic rings. The number of hydrogen-bond acceptors (Lipinski definition) is 1. The highest BCUT2D eigenvalue weighted by Crippen LogP contribution is 2.51. The van der Waals surface area contributed by atoms with Gasteiger partial charge in [-0.2, -0.15) is 17.6 Å². The molecule has 0 aromatic heterocycles. The number of halogens is 4. The lowest BCUT2D eigenvalue weighted by atomic mass is 9.92. The average molecular weight is 211 g/mol. The van der Waals surface area contributed by atoms with Crippen molar-refractivity contribution < 1.29 is 17.6 Å². The van der Waals surface area contributed by atoms with Crippen LogP contribution in [0.4, 0.5) is 17.6 Å². The van der Waals surface area contributed by atoms with Gasteiger partial charge in [0.2, 0.25) is 0 Å². The van der Waals surface area contributed by atoms with Crippen molar-refractivity contribution in [2.75, 3.05) is 13.6 Å². The van der Waals surface area contributed by atoms with Gasteiger partial charge < -0.3 is 4.90 Å². The van der Waals surface area contributed by atoms with Crippen LogP contribution in [0.15, 0.2) is 0 Å². The van der Waals surface area contributed by atoms with Crippen molar-refractivity contribution in [1.82, 2.24) is 4.90 Å². The SMILES string of the molecule is CN1CC2CCC1CC(F)(F)C2(F)F. The summed E-state index contributed by atoms with van der Waals surface area (Å²) in [5, 5.41) is 0. The summed E-state index contributed by atoms with van der Waals surface area (Å²) >= 11 is 0. The molecular formula is C9H13F4N. The molecule has 2 unspecified atom stereocenters. The van der Waals surface area contributed by atoms with E-state index in [1.165, 1.54) is 0 Å². The number of rotatable bonds is 0. The molecule has 2 aliphatic heterocycles. The fraction of sp³-hybridized carbons (Fsp3) is 1.00. The lowest BCUT2D eigenvalue weighted by molar-refractivity contribution is -0.229. The summed E-state index contributed by atoms with van der Waals surface area (Å²) in [5.41, 5.74) is 0. The van der Waals surface area contributed by atoms with Crippen LogP contribution < -0.4 is 0 Å². The molecule has 0 amide bonds. The molecular weight excluding hydrogens is 198 g/mol. The minimum Gasteiger partial charge on any atom is -0.303 e. The third-order valence-corrected chi connectivity index (χ3v) is 3.47. The lowest BCUT2D eigenvalue weighted by Crippen LogP contribution is -2.46. The Hall–Kier alpha value is -0.320. The third kappa shape index (κ3) is 1.25. The second-order valence-electron chi connectivity index (χ2n) is 4.40.